The standard InChI is InChI=1S/C17H21NS/c1-14-8-6-7-11-16(14)19-17(12-13-18-2)15-9-4-3-5-10-15/h3-11,17-18H,12-13H2,1-2H3/t17-/m1/s1. The zero-order valence-electron chi connectivity index (χ0n) is 11.6. The van der Waals surface area contributed by atoms with Gasteiger partial charge in [-0.25, -0.2) is 0 Å². The number of nitrogens with one attached hydrogen (secondary N) is 1. The molecule has 2 aromatic carbocycles. The summed E-state index contributed by atoms with van der Waals surface area (Å²) in [7, 11) is 2.01. The van der Waals surface area contributed by atoms with Gasteiger partial charge in [0.25, 0.3) is 0 Å². The fourth-order valence-electron chi connectivity index (χ4n) is 2.08. The molecule has 0 spiro atoms. The quantitative estimate of drug-likeness (QED) is 0.780. The van der Waals surface area contributed by atoms with Crippen LogP contribution in [0, 0.1) is 6.92 Å². The third-order valence-corrected chi connectivity index (χ3v) is 4.70. The molecular formula is C17H21NS. The lowest BCUT2D eigenvalue weighted by atomic mass is 10.1. The van der Waals surface area contributed by atoms with Gasteiger partial charge in [0.15, 0.2) is 0 Å². The minimum absolute atomic E-state index is 0.509. The summed E-state index contributed by atoms with van der Waals surface area (Å²) in [6, 6.07) is 19.4. The minimum atomic E-state index is 0.509. The molecule has 0 amide bonds. The average molecular weight is 271 g/mol. The number of rotatable bonds is 6. The van der Waals surface area contributed by atoms with E-state index in [1.54, 1.807) is 0 Å². The molecule has 0 aliphatic rings. The van der Waals surface area contributed by atoms with Crippen LogP contribution in [0.2, 0.25) is 0 Å². The highest BCUT2D eigenvalue weighted by atomic mass is 32.2. The van der Waals surface area contributed by atoms with Crippen LogP contribution in [0.3, 0.4) is 0 Å². The van der Waals surface area contributed by atoms with Crippen molar-refractivity contribution in [3.8, 4) is 0 Å². The fourth-order valence-corrected chi connectivity index (χ4v) is 3.33. The maximum Gasteiger partial charge on any atom is 0.0356 e. The van der Waals surface area contributed by atoms with Crippen molar-refractivity contribution < 1.29 is 0 Å². The van der Waals surface area contributed by atoms with Gasteiger partial charge in [0, 0.05) is 10.1 Å². The summed E-state index contributed by atoms with van der Waals surface area (Å²) in [5.41, 5.74) is 2.77. The Morgan fingerprint density at radius 3 is 2.37 bits per heavy atom. The molecule has 1 atom stereocenters. The van der Waals surface area contributed by atoms with E-state index in [1.165, 1.54) is 16.0 Å². The number of benzene rings is 2. The number of hydrogen-bond donors (Lipinski definition) is 1. The van der Waals surface area contributed by atoms with Crippen LogP contribution in [0.4, 0.5) is 0 Å². The Morgan fingerprint density at radius 1 is 1.00 bits per heavy atom. The second kappa shape index (κ2) is 7.37. The highest BCUT2D eigenvalue weighted by Gasteiger charge is 2.13. The number of hydrogen-bond acceptors (Lipinski definition) is 2. The normalized spacial score (nSPS) is 12.3. The van der Waals surface area contributed by atoms with Gasteiger partial charge in [0.05, 0.1) is 0 Å². The van der Waals surface area contributed by atoms with Crippen molar-refractivity contribution in [3.05, 3.63) is 65.7 Å². The fraction of sp³-hybridized carbons (Fsp3) is 0.294. The van der Waals surface area contributed by atoms with E-state index in [4.69, 9.17) is 0 Å². The van der Waals surface area contributed by atoms with E-state index in [1.807, 2.05) is 18.8 Å². The number of aryl methyl sites for hydroxylation is 1. The molecule has 2 rings (SSSR count). The molecule has 0 unspecified atom stereocenters. The van der Waals surface area contributed by atoms with Gasteiger partial charge < -0.3 is 5.32 Å². The van der Waals surface area contributed by atoms with Gasteiger partial charge in [0.1, 0.15) is 0 Å². The van der Waals surface area contributed by atoms with Crippen LogP contribution < -0.4 is 5.32 Å². The maximum atomic E-state index is 3.25. The third kappa shape index (κ3) is 4.12. The first-order valence-electron chi connectivity index (χ1n) is 6.73. The van der Waals surface area contributed by atoms with Gasteiger partial charge in [-0.15, -0.1) is 11.8 Å². The van der Waals surface area contributed by atoms with E-state index < -0.39 is 0 Å². The molecule has 0 aromatic heterocycles. The van der Waals surface area contributed by atoms with Crippen molar-refractivity contribution >= 4 is 11.8 Å². The molecule has 0 radical (unpaired) electrons. The lowest BCUT2D eigenvalue weighted by molar-refractivity contribution is 0.714. The summed E-state index contributed by atoms with van der Waals surface area (Å²) in [6.45, 7) is 3.22. The molecule has 0 bridgehead atoms. The first kappa shape index (κ1) is 14.2. The molecule has 0 fully saturated rings. The van der Waals surface area contributed by atoms with Crippen molar-refractivity contribution in [2.45, 2.75) is 23.5 Å². The zero-order chi connectivity index (χ0) is 13.5. The van der Waals surface area contributed by atoms with E-state index in [0.717, 1.165) is 13.0 Å². The monoisotopic (exact) mass is 271 g/mol. The maximum absolute atomic E-state index is 3.25. The molecule has 0 aliphatic heterocycles. The predicted molar refractivity (Wildman–Crippen MR) is 84.8 cm³/mol. The lowest BCUT2D eigenvalue weighted by Gasteiger charge is -2.18. The molecule has 0 aliphatic carbocycles. The minimum Gasteiger partial charge on any atom is -0.320 e. The Kier molecular flexibility index (Phi) is 5.49. The number of thioether (sulfide) groups is 1. The van der Waals surface area contributed by atoms with E-state index in [9.17, 15) is 0 Å². The van der Waals surface area contributed by atoms with Crippen molar-refractivity contribution in [1.82, 2.24) is 5.32 Å². The predicted octanol–water partition coefficient (Wildman–Crippen LogP) is 4.44. The molecule has 0 saturated carbocycles. The highest BCUT2D eigenvalue weighted by Crippen LogP contribution is 2.38. The van der Waals surface area contributed by atoms with Crippen molar-refractivity contribution in [2.24, 2.45) is 0 Å². The van der Waals surface area contributed by atoms with Crippen molar-refractivity contribution in [2.75, 3.05) is 13.6 Å². The Hall–Kier alpha value is -1.25. The Bertz CT molecular complexity index is 496. The molecule has 100 valence electrons. The summed E-state index contributed by atoms with van der Waals surface area (Å²) >= 11 is 1.97. The van der Waals surface area contributed by atoms with Crippen LogP contribution in [-0.4, -0.2) is 13.6 Å². The Labute approximate surface area is 120 Å². The van der Waals surface area contributed by atoms with E-state index >= 15 is 0 Å². The smallest absolute Gasteiger partial charge is 0.0356 e. The molecule has 2 aromatic rings. The van der Waals surface area contributed by atoms with Crippen LogP contribution in [0.1, 0.15) is 22.8 Å². The van der Waals surface area contributed by atoms with Gasteiger partial charge in [-0.05, 0) is 44.1 Å². The summed E-state index contributed by atoms with van der Waals surface area (Å²) in [5.74, 6) is 0. The van der Waals surface area contributed by atoms with Gasteiger partial charge >= 0.3 is 0 Å². The van der Waals surface area contributed by atoms with E-state index in [0.29, 0.717) is 5.25 Å². The van der Waals surface area contributed by atoms with Crippen LogP contribution in [0.25, 0.3) is 0 Å². The van der Waals surface area contributed by atoms with Crippen molar-refractivity contribution in [1.29, 1.82) is 0 Å². The van der Waals surface area contributed by atoms with Crippen LogP contribution in [0.5, 0.6) is 0 Å². The van der Waals surface area contributed by atoms with Crippen LogP contribution >= 0.6 is 11.8 Å². The molecule has 2 heteroatoms. The summed E-state index contributed by atoms with van der Waals surface area (Å²) < 4.78 is 0. The molecule has 0 heterocycles. The highest BCUT2D eigenvalue weighted by molar-refractivity contribution is 7.99. The Balaban J connectivity index is 2.17. The second-order valence-corrected chi connectivity index (χ2v) is 5.92. The van der Waals surface area contributed by atoms with Gasteiger partial charge in [0.2, 0.25) is 0 Å². The largest absolute Gasteiger partial charge is 0.320 e. The molecule has 19 heavy (non-hydrogen) atoms. The summed E-state index contributed by atoms with van der Waals surface area (Å²) in [6.07, 6.45) is 1.14. The summed E-state index contributed by atoms with van der Waals surface area (Å²) in [5, 5.41) is 3.76. The first-order chi connectivity index (χ1) is 9.31. The molecule has 0 saturated heterocycles. The third-order valence-electron chi connectivity index (χ3n) is 3.19. The van der Waals surface area contributed by atoms with Gasteiger partial charge in [-0.1, -0.05) is 48.5 Å². The van der Waals surface area contributed by atoms with E-state index in [-0.39, 0.29) is 0 Å². The lowest BCUT2D eigenvalue weighted by Crippen LogP contribution is -2.10. The second-order valence-electron chi connectivity index (χ2n) is 4.67. The topological polar surface area (TPSA) is 12.0 Å². The van der Waals surface area contributed by atoms with Gasteiger partial charge in [-0.3, -0.25) is 0 Å². The SMILES string of the molecule is CNCC[C@@H](Sc1ccccc1C)c1ccccc1. The van der Waals surface area contributed by atoms with Crippen molar-refractivity contribution in [3.63, 3.8) is 0 Å². The molecular weight excluding hydrogens is 250 g/mol. The molecule has 1 nitrogen and oxygen atoms in total. The van der Waals surface area contributed by atoms with Crippen LogP contribution in [0.15, 0.2) is 59.5 Å². The average Bonchev–Trinajstić information content (AvgIpc) is 2.46. The first-order valence-corrected chi connectivity index (χ1v) is 7.61. The zero-order valence-corrected chi connectivity index (χ0v) is 12.4. The Morgan fingerprint density at radius 2 is 1.68 bits per heavy atom. The van der Waals surface area contributed by atoms with Gasteiger partial charge in [-0.2, -0.15) is 0 Å². The molecule has 1 N–H and O–H groups in total. The van der Waals surface area contributed by atoms with Crippen LogP contribution in [-0.2, 0) is 0 Å². The summed E-state index contributed by atoms with van der Waals surface area (Å²) in [4.78, 5) is 1.38. The van der Waals surface area contributed by atoms with E-state index in [2.05, 4.69) is 66.8 Å².